The molecule has 5 aromatic carbocycles. The smallest absolute Gasteiger partial charge is 0.340 e. The number of aromatic hydroxyl groups is 13. The number of furan rings is 1. The molecule has 0 aliphatic carbocycles. The fourth-order valence-corrected chi connectivity index (χ4v) is 7.71. The predicted octanol–water partition coefficient (Wildman–Crippen LogP) is 2.47. The minimum atomic E-state index is -2.46. The van der Waals surface area contributed by atoms with Gasteiger partial charge in [0.2, 0.25) is 35.4 Å². The molecule has 340 valence electrons. The van der Waals surface area contributed by atoms with E-state index in [2.05, 4.69) is 0 Å². The van der Waals surface area contributed by atoms with Crippen LogP contribution in [0.25, 0.3) is 33.1 Å². The summed E-state index contributed by atoms with van der Waals surface area (Å²) in [6.45, 7) is -1.21. The molecule has 0 unspecified atom stereocenters. The van der Waals surface area contributed by atoms with E-state index in [1.165, 1.54) is 0 Å². The van der Waals surface area contributed by atoms with Gasteiger partial charge in [-0.05, 0) is 36.4 Å². The van der Waals surface area contributed by atoms with E-state index in [1.807, 2.05) is 0 Å². The summed E-state index contributed by atoms with van der Waals surface area (Å²) in [5, 5.41) is 136. The number of phenols is 13. The first-order valence-electron chi connectivity index (χ1n) is 18.5. The lowest BCUT2D eigenvalue weighted by molar-refractivity contribution is -0.282. The number of phenolic OH excluding ortho intramolecular Hbond substituents is 13. The second-order valence-electron chi connectivity index (χ2n) is 14.6. The third-order valence-corrected chi connectivity index (χ3v) is 10.8. The molecule has 25 heteroatoms. The Balaban J connectivity index is 1.30. The molecule has 0 radical (unpaired) electrons. The fourth-order valence-electron chi connectivity index (χ4n) is 7.71. The summed E-state index contributed by atoms with van der Waals surface area (Å²) in [6.07, 6.45) is -11.7. The molecule has 13 N–H and O–H groups in total. The minimum Gasteiger partial charge on any atom is -0.504 e. The summed E-state index contributed by atoms with van der Waals surface area (Å²) in [4.78, 5) is 71.2. The van der Waals surface area contributed by atoms with Gasteiger partial charge in [0, 0.05) is 21.9 Å². The number of carbonyl (C=O) groups is 5. The maximum atomic E-state index is 14.6. The van der Waals surface area contributed by atoms with Crippen LogP contribution < -0.4 is 0 Å². The van der Waals surface area contributed by atoms with E-state index in [4.69, 9.17) is 32.8 Å². The van der Waals surface area contributed by atoms with Crippen molar-refractivity contribution >= 4 is 51.8 Å². The molecule has 3 aliphatic rings. The van der Waals surface area contributed by atoms with Crippen LogP contribution in [-0.2, 0) is 28.4 Å². The second-order valence-corrected chi connectivity index (χ2v) is 14.6. The molecule has 0 amide bonds. The van der Waals surface area contributed by atoms with Gasteiger partial charge in [-0.3, -0.25) is 0 Å². The molecule has 0 saturated carbocycles. The molecule has 1 saturated heterocycles. The predicted molar refractivity (Wildman–Crippen MR) is 206 cm³/mol. The van der Waals surface area contributed by atoms with Gasteiger partial charge < -0.3 is 99.2 Å². The Hall–Kier alpha value is -9.39. The lowest BCUT2D eigenvalue weighted by atomic mass is 9.91. The number of hydrogen-bond acceptors (Lipinski definition) is 25. The molecule has 66 heavy (non-hydrogen) atoms. The van der Waals surface area contributed by atoms with Gasteiger partial charge in [0.1, 0.15) is 12.7 Å². The van der Waals surface area contributed by atoms with Crippen LogP contribution in [0.3, 0.4) is 0 Å². The lowest BCUT2D eigenvalue weighted by Crippen LogP contribution is -2.63. The van der Waals surface area contributed by atoms with Crippen molar-refractivity contribution in [1.29, 1.82) is 0 Å². The number of carbonyl (C=O) groups excluding carboxylic acids is 5. The Morgan fingerprint density at radius 1 is 0.470 bits per heavy atom. The molecule has 5 atom stereocenters. The summed E-state index contributed by atoms with van der Waals surface area (Å²) < 4.78 is 39.7. The van der Waals surface area contributed by atoms with Crippen molar-refractivity contribution in [3.8, 4) is 85.9 Å². The van der Waals surface area contributed by atoms with Crippen molar-refractivity contribution in [3.63, 3.8) is 0 Å². The van der Waals surface area contributed by atoms with Gasteiger partial charge in [-0.25, -0.2) is 24.0 Å². The highest BCUT2D eigenvalue weighted by atomic mass is 16.7. The van der Waals surface area contributed by atoms with E-state index < -0.39 is 203 Å². The topological polar surface area (TPSA) is 417 Å². The van der Waals surface area contributed by atoms with Crippen molar-refractivity contribution < 1.29 is 123 Å². The number of ether oxygens (including phenoxy) is 6. The van der Waals surface area contributed by atoms with Crippen LogP contribution in [0.2, 0.25) is 0 Å². The van der Waals surface area contributed by atoms with Crippen LogP contribution in [0.15, 0.2) is 40.8 Å². The van der Waals surface area contributed by atoms with Crippen LogP contribution in [0.5, 0.6) is 74.7 Å². The second kappa shape index (κ2) is 14.6. The van der Waals surface area contributed by atoms with E-state index in [-0.39, 0.29) is 0 Å². The highest BCUT2D eigenvalue weighted by molar-refractivity contribution is 6.23. The molecular weight excluding hydrogens is 892 g/mol. The zero-order chi connectivity index (χ0) is 47.5. The monoisotopic (exact) mass is 918 g/mol. The highest BCUT2D eigenvalue weighted by Gasteiger charge is 2.56. The Labute approximate surface area is 362 Å². The van der Waals surface area contributed by atoms with Crippen LogP contribution in [0, 0.1) is 0 Å². The number of cyclic esters (lactones) is 1. The molecule has 25 nitrogen and oxygen atoms in total. The van der Waals surface area contributed by atoms with Gasteiger partial charge in [-0.1, -0.05) is 0 Å². The standard InChI is InChI=1S/C41H26O25/c42-13-1-8(2-14(43)24(13)48)36(55)66-41-35-34-31(63-39(58)11-5-17(46)27(51)32-22(11)23-12(40(59)65-35)6-18(47)28(52)33(23)62-32)19(61-41)7-60-37(56)9-3-15(44)25(49)29(53)20(9)21-10(38(57)64-34)4-16(45)26(50)30(21)54/h1-6,19,31,34-35,41-54H,7H2/t19-,31-,34+,35-,41+/m1/s1. The molecule has 1 fully saturated rings. The molecule has 1 aromatic heterocycles. The quantitative estimate of drug-likeness (QED) is 0.0674. The SMILES string of the molecule is O=C(O[C@@H]1O[C@@H]2COC(=O)c3cc(O)c(O)c(O)c3-c3c(cc(O)c(O)c3O)C(=O)O[C@@H]3[C@H]1OC(=O)c1cc(O)c(O)c4oc5c(O)c(O)cc(c5c14)C(=O)O[C@@H]32)c1cc(O)c(O)c(O)c1. The van der Waals surface area contributed by atoms with Gasteiger partial charge in [-0.15, -0.1) is 0 Å². The van der Waals surface area contributed by atoms with Crippen LogP contribution in [0.1, 0.15) is 51.8 Å². The Bertz CT molecular complexity index is 3180. The molecule has 3 aliphatic heterocycles. The maximum absolute atomic E-state index is 14.6. The molecule has 9 rings (SSSR count). The van der Waals surface area contributed by atoms with Crippen molar-refractivity contribution in [1.82, 2.24) is 0 Å². The summed E-state index contributed by atoms with van der Waals surface area (Å²) in [7, 11) is 0. The largest absolute Gasteiger partial charge is 0.504 e. The minimum absolute atomic E-state index is 0.414. The van der Waals surface area contributed by atoms with E-state index >= 15 is 0 Å². The molecule has 6 aromatic rings. The first kappa shape index (κ1) is 41.9. The van der Waals surface area contributed by atoms with Crippen LogP contribution >= 0.6 is 0 Å². The summed E-state index contributed by atoms with van der Waals surface area (Å²) >= 11 is 0. The third kappa shape index (κ3) is 6.16. The van der Waals surface area contributed by atoms with Crippen LogP contribution in [-0.4, -0.2) is 134 Å². The molecule has 0 spiro atoms. The number of fused-ring (bicyclic) bond motifs is 3. The first-order valence-corrected chi connectivity index (χ1v) is 18.5. The third-order valence-electron chi connectivity index (χ3n) is 10.8. The summed E-state index contributed by atoms with van der Waals surface area (Å²) in [5.41, 5.74) is -8.06. The van der Waals surface area contributed by atoms with Gasteiger partial charge in [0.05, 0.1) is 27.8 Å². The van der Waals surface area contributed by atoms with Crippen molar-refractivity contribution in [3.05, 3.63) is 64.2 Å². The number of benzene rings is 5. The number of esters is 5. The number of hydrogen-bond donors (Lipinski definition) is 13. The summed E-state index contributed by atoms with van der Waals surface area (Å²) in [5.74, 6) is -23.6. The lowest BCUT2D eigenvalue weighted by Gasteiger charge is -2.44. The van der Waals surface area contributed by atoms with E-state index in [9.17, 15) is 90.4 Å². The molecule has 4 bridgehead atoms. The average Bonchev–Trinajstić information content (AvgIpc) is 3.67. The van der Waals surface area contributed by atoms with Gasteiger partial charge in [0.25, 0.3) is 0 Å². The van der Waals surface area contributed by atoms with E-state index in [0.29, 0.717) is 36.4 Å². The average molecular weight is 919 g/mol. The normalized spacial score (nSPS) is 20.4. The first-order chi connectivity index (χ1) is 31.2. The van der Waals surface area contributed by atoms with Gasteiger partial charge in [0.15, 0.2) is 75.1 Å². The maximum Gasteiger partial charge on any atom is 0.340 e. The molecular formula is C41H26O25. The van der Waals surface area contributed by atoms with Gasteiger partial charge >= 0.3 is 29.8 Å². The van der Waals surface area contributed by atoms with Crippen molar-refractivity contribution in [2.75, 3.05) is 6.61 Å². The Morgan fingerprint density at radius 2 is 0.879 bits per heavy atom. The Kier molecular flexibility index (Phi) is 9.27. The van der Waals surface area contributed by atoms with Crippen LogP contribution in [0.4, 0.5) is 0 Å². The van der Waals surface area contributed by atoms with Crippen molar-refractivity contribution in [2.24, 2.45) is 0 Å². The van der Waals surface area contributed by atoms with Gasteiger partial charge in [-0.2, -0.15) is 0 Å². The molecule has 4 heterocycles. The zero-order valence-electron chi connectivity index (χ0n) is 32.3. The number of rotatable bonds is 2. The van der Waals surface area contributed by atoms with E-state index in [0.717, 1.165) is 0 Å². The Morgan fingerprint density at radius 3 is 1.39 bits per heavy atom. The fraction of sp³-hybridized carbons (Fsp3) is 0.146. The zero-order valence-corrected chi connectivity index (χ0v) is 32.3. The summed E-state index contributed by atoms with van der Waals surface area (Å²) in [6, 6.07) is 3.32. The van der Waals surface area contributed by atoms with Crippen molar-refractivity contribution in [2.45, 2.75) is 30.7 Å². The highest BCUT2D eigenvalue weighted by Crippen LogP contribution is 2.54. The van der Waals surface area contributed by atoms with E-state index in [1.54, 1.807) is 0 Å².